The first-order valence-electron chi connectivity index (χ1n) is 26.1. The van der Waals surface area contributed by atoms with Crippen molar-refractivity contribution >= 4 is 10.1 Å². The maximum Gasteiger partial charge on any atom is 1.00 e. The van der Waals surface area contributed by atoms with Crippen molar-refractivity contribution in [2.45, 2.75) is 307 Å². The number of unbranched alkanes of at least 4 members (excludes halogenated alkanes) is 44. The van der Waals surface area contributed by atoms with Gasteiger partial charge in [-0.2, -0.15) is 0 Å². The van der Waals surface area contributed by atoms with Gasteiger partial charge in [0.2, 0.25) is 0 Å². The minimum absolute atomic E-state index is 0. The van der Waals surface area contributed by atoms with Gasteiger partial charge in [0.15, 0.2) is 0 Å². The summed E-state index contributed by atoms with van der Waals surface area (Å²) in [6.45, 7) is 2.31. The molecule has 1 rings (SSSR count). The second-order valence-corrected chi connectivity index (χ2v) is 19.7. The van der Waals surface area contributed by atoms with Crippen LogP contribution in [0.25, 0.3) is 0 Å². The van der Waals surface area contributed by atoms with Gasteiger partial charge < -0.3 is 4.55 Å². The number of rotatable bonds is 47. The van der Waals surface area contributed by atoms with E-state index in [-0.39, 0.29) is 34.5 Å². The van der Waals surface area contributed by atoms with Crippen molar-refractivity contribution in [2.75, 3.05) is 0 Å². The maximum atomic E-state index is 11.4. The van der Waals surface area contributed by atoms with E-state index in [0.717, 1.165) is 12.8 Å². The van der Waals surface area contributed by atoms with Gasteiger partial charge in [-0.15, -0.1) is 0 Å². The van der Waals surface area contributed by atoms with Gasteiger partial charge in [0.1, 0.15) is 10.1 Å². The number of benzene rings is 1. The van der Waals surface area contributed by atoms with Gasteiger partial charge in [0, 0.05) is 0 Å². The Morgan fingerprint density at radius 2 is 0.517 bits per heavy atom. The van der Waals surface area contributed by atoms with Crippen molar-refractivity contribution in [3.8, 4) is 0 Å². The normalized spacial score (nSPS) is 11.7. The fraction of sp³-hybridized carbons (Fsp3) is 0.887. The molecule has 0 fully saturated rings. The van der Waals surface area contributed by atoms with Crippen LogP contribution in [0.1, 0.15) is 301 Å². The first-order chi connectivity index (χ1) is 28.1. The smallest absolute Gasteiger partial charge is 0.744 e. The van der Waals surface area contributed by atoms with Crippen molar-refractivity contribution < 1.29 is 42.5 Å². The molecule has 1 aromatic rings. The van der Waals surface area contributed by atoms with E-state index in [1.54, 1.807) is 12.1 Å². The Kier molecular flexibility index (Phi) is 46.7. The minimum atomic E-state index is -4.37. The summed E-state index contributed by atoms with van der Waals surface area (Å²) in [7, 11) is -4.37. The van der Waals surface area contributed by atoms with Gasteiger partial charge in [0.05, 0.1) is 4.90 Å². The molecule has 0 radical (unpaired) electrons. The van der Waals surface area contributed by atoms with Crippen LogP contribution in [0.15, 0.2) is 29.2 Å². The molecule has 0 bridgehead atoms. The van der Waals surface area contributed by atoms with Gasteiger partial charge in [-0.25, -0.2) is 8.42 Å². The molecule has 0 aliphatic carbocycles. The molecular weight excluding hydrogens is 740 g/mol. The summed E-state index contributed by atoms with van der Waals surface area (Å²) < 4.78 is 34.2. The van der Waals surface area contributed by atoms with Crippen LogP contribution in [0.5, 0.6) is 0 Å². The van der Waals surface area contributed by atoms with E-state index in [1.165, 1.54) is 282 Å². The van der Waals surface area contributed by atoms with Gasteiger partial charge >= 0.3 is 29.6 Å². The van der Waals surface area contributed by atoms with Gasteiger partial charge in [0.25, 0.3) is 0 Å². The quantitative estimate of drug-likeness (QED) is 0.0373. The Hall–Kier alpha value is 0.130. The third kappa shape index (κ3) is 41.5. The average Bonchev–Trinajstić information content (AvgIpc) is 3.20. The molecule has 0 unspecified atom stereocenters. The SMILES string of the molecule is CCCCCCCCCCCCCCCCCCCCCCCCCCCCCCCCCCCCCCCCCCCCCCCc1ccccc1S(=O)(=O)[O-].[Na+]. The molecule has 0 atom stereocenters. The van der Waals surface area contributed by atoms with E-state index < -0.39 is 10.1 Å². The zero-order valence-electron chi connectivity index (χ0n) is 39.5. The van der Waals surface area contributed by atoms with Gasteiger partial charge in [-0.05, 0) is 24.5 Å². The molecule has 0 amide bonds. The van der Waals surface area contributed by atoms with Gasteiger partial charge in [-0.1, -0.05) is 308 Å². The molecule has 0 spiro atoms. The van der Waals surface area contributed by atoms with Crippen LogP contribution in [0, 0.1) is 0 Å². The fourth-order valence-corrected chi connectivity index (χ4v) is 9.68. The largest absolute Gasteiger partial charge is 1.00 e. The second-order valence-electron chi connectivity index (χ2n) is 18.4. The Labute approximate surface area is 387 Å². The zero-order chi connectivity index (χ0) is 41.0. The van der Waals surface area contributed by atoms with Crippen molar-refractivity contribution in [2.24, 2.45) is 0 Å². The Bertz CT molecular complexity index is 1040. The van der Waals surface area contributed by atoms with Crippen LogP contribution >= 0.6 is 0 Å². The predicted molar refractivity (Wildman–Crippen MR) is 252 cm³/mol. The van der Waals surface area contributed by atoms with E-state index in [1.807, 2.05) is 6.07 Å². The summed E-state index contributed by atoms with van der Waals surface area (Å²) in [5, 5.41) is 0. The number of hydrogen-bond acceptors (Lipinski definition) is 3. The van der Waals surface area contributed by atoms with Crippen LogP contribution in [0.2, 0.25) is 0 Å². The van der Waals surface area contributed by atoms with Crippen LogP contribution in [-0.4, -0.2) is 13.0 Å². The molecule has 0 heterocycles. The molecule has 0 saturated heterocycles. The standard InChI is InChI=1S/C53H100O3S.Na/c1-2-3-4-5-6-7-8-9-10-11-12-13-14-15-16-17-18-19-20-21-22-23-24-25-26-27-28-29-30-31-32-33-34-35-36-37-38-39-40-41-42-43-44-45-46-49-52-50-47-48-51-53(52)57(54,55)56;/h47-48,50-51H,2-46,49H2,1H3,(H,54,55,56);/q;+1/p-1. The number of aryl methyl sites for hydroxylation is 1. The molecular formula is C53H99NaO3S. The third-order valence-electron chi connectivity index (χ3n) is 12.8. The van der Waals surface area contributed by atoms with E-state index in [9.17, 15) is 13.0 Å². The van der Waals surface area contributed by atoms with E-state index in [4.69, 9.17) is 0 Å². The average molecular weight is 839 g/mol. The molecule has 5 heteroatoms. The molecule has 0 aliphatic rings. The van der Waals surface area contributed by atoms with E-state index in [2.05, 4.69) is 6.92 Å². The maximum absolute atomic E-state index is 11.4. The summed E-state index contributed by atoms with van der Waals surface area (Å²) in [6, 6.07) is 6.65. The molecule has 0 N–H and O–H groups in total. The van der Waals surface area contributed by atoms with Crippen molar-refractivity contribution in [1.29, 1.82) is 0 Å². The zero-order valence-corrected chi connectivity index (χ0v) is 42.3. The molecule has 1 aromatic carbocycles. The van der Waals surface area contributed by atoms with Gasteiger partial charge in [-0.3, -0.25) is 0 Å². The summed E-state index contributed by atoms with van der Waals surface area (Å²) in [5.74, 6) is 0. The number of hydrogen-bond donors (Lipinski definition) is 0. The van der Waals surface area contributed by atoms with Crippen LogP contribution in [0.4, 0.5) is 0 Å². The first-order valence-corrected chi connectivity index (χ1v) is 27.5. The topological polar surface area (TPSA) is 57.2 Å². The Morgan fingerprint density at radius 3 is 0.724 bits per heavy atom. The first kappa shape index (κ1) is 58.1. The van der Waals surface area contributed by atoms with E-state index in [0.29, 0.717) is 12.0 Å². The van der Waals surface area contributed by atoms with Crippen LogP contribution in [-0.2, 0) is 16.5 Å². The fourth-order valence-electron chi connectivity index (χ4n) is 8.94. The summed E-state index contributed by atoms with van der Waals surface area (Å²) >= 11 is 0. The third-order valence-corrected chi connectivity index (χ3v) is 13.7. The molecule has 336 valence electrons. The Morgan fingerprint density at radius 1 is 0.328 bits per heavy atom. The van der Waals surface area contributed by atoms with Crippen molar-refractivity contribution in [3.63, 3.8) is 0 Å². The van der Waals surface area contributed by atoms with Crippen molar-refractivity contribution in [1.82, 2.24) is 0 Å². The Balaban J connectivity index is 0.0000325. The van der Waals surface area contributed by atoms with E-state index >= 15 is 0 Å². The molecule has 58 heavy (non-hydrogen) atoms. The molecule has 3 nitrogen and oxygen atoms in total. The summed E-state index contributed by atoms with van der Waals surface area (Å²) in [6.07, 6.45) is 64.8. The molecule has 0 aliphatic heterocycles. The second kappa shape index (κ2) is 46.6. The summed E-state index contributed by atoms with van der Waals surface area (Å²) in [5.41, 5.74) is 0.676. The van der Waals surface area contributed by atoms with Crippen molar-refractivity contribution in [3.05, 3.63) is 29.8 Å². The molecule has 0 aromatic heterocycles. The molecule has 0 saturated carbocycles. The monoisotopic (exact) mass is 839 g/mol. The van der Waals surface area contributed by atoms with Crippen LogP contribution < -0.4 is 29.6 Å². The predicted octanol–water partition coefficient (Wildman–Crippen LogP) is 15.7. The minimum Gasteiger partial charge on any atom is -0.744 e. The summed E-state index contributed by atoms with van der Waals surface area (Å²) in [4.78, 5) is -0.0396. The van der Waals surface area contributed by atoms with Crippen LogP contribution in [0.3, 0.4) is 0 Å².